The molecule has 0 radical (unpaired) electrons. The lowest BCUT2D eigenvalue weighted by Gasteiger charge is -2.02. The molecule has 8 heteroatoms. The lowest BCUT2D eigenvalue weighted by Crippen LogP contribution is -2.06. The summed E-state index contributed by atoms with van der Waals surface area (Å²) in [6.45, 7) is -0.154. The molecule has 0 amide bonds. The van der Waals surface area contributed by atoms with E-state index in [1.165, 1.54) is 12.3 Å². The predicted molar refractivity (Wildman–Crippen MR) is 83.1 cm³/mol. The molecule has 2 heterocycles. The van der Waals surface area contributed by atoms with E-state index in [-0.39, 0.29) is 28.2 Å². The number of pyridine rings is 1. The smallest absolute Gasteiger partial charge is 0.340 e. The fourth-order valence-corrected chi connectivity index (χ4v) is 2.02. The van der Waals surface area contributed by atoms with E-state index in [2.05, 4.69) is 15.2 Å². The van der Waals surface area contributed by atoms with Crippen molar-refractivity contribution in [1.82, 2.24) is 15.2 Å². The van der Waals surface area contributed by atoms with E-state index in [0.717, 1.165) is 5.56 Å². The zero-order valence-corrected chi connectivity index (χ0v) is 13.1. The molecule has 0 N–H and O–H groups in total. The van der Waals surface area contributed by atoms with Crippen LogP contribution in [0.3, 0.4) is 0 Å². The molecule has 0 fully saturated rings. The Kier molecular flexibility index (Phi) is 4.55. The number of esters is 1. The highest BCUT2D eigenvalue weighted by Crippen LogP contribution is 2.21. The molecule has 0 aliphatic carbocycles. The van der Waals surface area contributed by atoms with E-state index < -0.39 is 5.97 Å². The van der Waals surface area contributed by atoms with Gasteiger partial charge < -0.3 is 9.15 Å². The van der Waals surface area contributed by atoms with Crippen LogP contribution in [-0.2, 0) is 11.3 Å². The lowest BCUT2D eigenvalue weighted by molar-refractivity contribution is 0.0438. The van der Waals surface area contributed by atoms with Gasteiger partial charge in [0, 0.05) is 11.8 Å². The van der Waals surface area contributed by atoms with E-state index in [9.17, 15) is 4.79 Å². The van der Waals surface area contributed by atoms with Gasteiger partial charge in [-0.25, -0.2) is 9.78 Å². The van der Waals surface area contributed by atoms with E-state index in [1.54, 1.807) is 0 Å². The van der Waals surface area contributed by atoms with Crippen LogP contribution in [0.15, 0.2) is 47.0 Å². The fourth-order valence-electron chi connectivity index (χ4n) is 1.75. The van der Waals surface area contributed by atoms with E-state index in [1.807, 2.05) is 30.3 Å². The minimum absolute atomic E-state index is 0.118. The molecular formula is C15H9Cl2N3O3. The predicted octanol–water partition coefficient (Wildman–Crippen LogP) is 3.80. The normalized spacial score (nSPS) is 10.5. The van der Waals surface area contributed by atoms with Gasteiger partial charge >= 0.3 is 5.97 Å². The molecule has 0 aliphatic rings. The van der Waals surface area contributed by atoms with Gasteiger partial charge in [0.25, 0.3) is 5.89 Å². The maximum atomic E-state index is 11.9. The number of hydrogen-bond donors (Lipinski definition) is 0. The Morgan fingerprint density at radius 2 is 1.96 bits per heavy atom. The van der Waals surface area contributed by atoms with Crippen molar-refractivity contribution in [2.45, 2.75) is 6.61 Å². The van der Waals surface area contributed by atoms with Crippen molar-refractivity contribution >= 4 is 29.2 Å². The highest BCUT2D eigenvalue weighted by atomic mass is 35.5. The first-order chi connectivity index (χ1) is 11.1. The van der Waals surface area contributed by atoms with Crippen LogP contribution in [0, 0.1) is 0 Å². The molecular weight excluding hydrogens is 341 g/mol. The Morgan fingerprint density at radius 1 is 1.17 bits per heavy atom. The van der Waals surface area contributed by atoms with Gasteiger partial charge in [-0.1, -0.05) is 41.4 Å². The maximum Gasteiger partial charge on any atom is 0.340 e. The summed E-state index contributed by atoms with van der Waals surface area (Å²) in [6.07, 6.45) is 1.28. The van der Waals surface area contributed by atoms with E-state index in [0.29, 0.717) is 5.89 Å². The SMILES string of the molecule is O=C(OCc1nnc(-c2ccccc2)o1)c1cnc(Cl)c(Cl)c1. The highest BCUT2D eigenvalue weighted by molar-refractivity contribution is 6.41. The Labute approximate surface area is 141 Å². The zero-order valence-electron chi connectivity index (χ0n) is 11.6. The number of rotatable bonds is 4. The van der Waals surface area contributed by atoms with Gasteiger partial charge in [0.15, 0.2) is 6.61 Å². The molecule has 3 rings (SSSR count). The minimum Gasteiger partial charge on any atom is -0.452 e. The summed E-state index contributed by atoms with van der Waals surface area (Å²) in [4.78, 5) is 15.7. The second-order valence-electron chi connectivity index (χ2n) is 4.44. The highest BCUT2D eigenvalue weighted by Gasteiger charge is 2.14. The van der Waals surface area contributed by atoms with Crippen molar-refractivity contribution in [3.8, 4) is 11.5 Å². The molecule has 3 aromatic rings. The van der Waals surface area contributed by atoms with Gasteiger partial charge in [-0.05, 0) is 18.2 Å². The number of benzene rings is 1. The van der Waals surface area contributed by atoms with Crippen molar-refractivity contribution in [2.75, 3.05) is 0 Å². The first-order valence-electron chi connectivity index (χ1n) is 6.49. The van der Waals surface area contributed by atoms with Gasteiger partial charge in [0.2, 0.25) is 5.89 Å². The van der Waals surface area contributed by atoms with Crippen LogP contribution < -0.4 is 0 Å². The minimum atomic E-state index is -0.615. The second kappa shape index (κ2) is 6.76. The molecule has 0 atom stereocenters. The van der Waals surface area contributed by atoms with Gasteiger partial charge in [-0.3, -0.25) is 0 Å². The number of hydrogen-bond acceptors (Lipinski definition) is 6. The average Bonchev–Trinajstić information content (AvgIpc) is 3.05. The maximum absolute atomic E-state index is 11.9. The molecule has 0 bridgehead atoms. The molecule has 6 nitrogen and oxygen atoms in total. The standard InChI is InChI=1S/C15H9Cl2N3O3/c16-11-6-10(7-18-13(11)17)15(21)22-8-12-19-20-14(23-12)9-4-2-1-3-5-9/h1-7H,8H2. The summed E-state index contributed by atoms with van der Waals surface area (Å²) in [6, 6.07) is 10.7. The number of carbonyl (C=O) groups excluding carboxylic acids is 1. The average molecular weight is 350 g/mol. The van der Waals surface area contributed by atoms with E-state index >= 15 is 0 Å². The summed E-state index contributed by atoms with van der Waals surface area (Å²) in [7, 11) is 0. The zero-order chi connectivity index (χ0) is 16.2. The van der Waals surface area contributed by atoms with Crippen molar-refractivity contribution < 1.29 is 13.9 Å². The van der Waals surface area contributed by atoms with Gasteiger partial charge in [-0.15, -0.1) is 10.2 Å². The summed E-state index contributed by atoms with van der Waals surface area (Å²) < 4.78 is 10.5. The molecule has 0 saturated heterocycles. The van der Waals surface area contributed by atoms with Gasteiger partial charge in [0.1, 0.15) is 5.15 Å². The summed E-state index contributed by atoms with van der Waals surface area (Å²) in [5.41, 5.74) is 0.966. The third-order valence-corrected chi connectivity index (χ3v) is 3.53. The quantitative estimate of drug-likeness (QED) is 0.526. The van der Waals surface area contributed by atoms with Crippen LogP contribution in [0.1, 0.15) is 16.2 Å². The number of aromatic nitrogens is 3. The van der Waals surface area contributed by atoms with Crippen LogP contribution in [-0.4, -0.2) is 21.2 Å². The first kappa shape index (κ1) is 15.5. The number of carbonyl (C=O) groups is 1. The van der Waals surface area contributed by atoms with Crippen LogP contribution in [0.2, 0.25) is 10.2 Å². The fraction of sp³-hybridized carbons (Fsp3) is 0.0667. The summed E-state index contributed by atoms with van der Waals surface area (Å²) >= 11 is 11.5. The molecule has 116 valence electrons. The third kappa shape index (κ3) is 3.67. The van der Waals surface area contributed by atoms with Crippen molar-refractivity contribution in [1.29, 1.82) is 0 Å². The Balaban J connectivity index is 1.65. The number of ether oxygens (including phenoxy) is 1. The first-order valence-corrected chi connectivity index (χ1v) is 7.25. The van der Waals surface area contributed by atoms with Gasteiger partial charge in [-0.2, -0.15) is 0 Å². The Hall–Kier alpha value is -2.44. The van der Waals surface area contributed by atoms with Crippen LogP contribution >= 0.6 is 23.2 Å². The van der Waals surface area contributed by atoms with Gasteiger partial charge in [0.05, 0.1) is 10.6 Å². The molecule has 0 unspecified atom stereocenters. The third-order valence-electron chi connectivity index (χ3n) is 2.85. The molecule has 23 heavy (non-hydrogen) atoms. The number of nitrogens with zero attached hydrogens (tertiary/aromatic N) is 3. The summed E-state index contributed by atoms with van der Waals surface area (Å²) in [5, 5.41) is 8.03. The Morgan fingerprint density at radius 3 is 2.70 bits per heavy atom. The molecule has 2 aromatic heterocycles. The van der Waals surface area contributed by atoms with Crippen LogP contribution in [0.4, 0.5) is 0 Å². The summed E-state index contributed by atoms with van der Waals surface area (Å²) in [5.74, 6) is -0.0754. The second-order valence-corrected chi connectivity index (χ2v) is 5.20. The molecule has 1 aromatic carbocycles. The topological polar surface area (TPSA) is 78.1 Å². The molecule has 0 spiro atoms. The van der Waals surface area contributed by atoms with Crippen LogP contribution in [0.5, 0.6) is 0 Å². The van der Waals surface area contributed by atoms with E-state index in [4.69, 9.17) is 32.4 Å². The van der Waals surface area contributed by atoms with Crippen molar-refractivity contribution in [3.05, 3.63) is 64.2 Å². The van der Waals surface area contributed by atoms with Crippen molar-refractivity contribution in [3.63, 3.8) is 0 Å². The number of halogens is 2. The monoisotopic (exact) mass is 349 g/mol. The van der Waals surface area contributed by atoms with Crippen LogP contribution in [0.25, 0.3) is 11.5 Å². The lowest BCUT2D eigenvalue weighted by atomic mass is 10.2. The molecule has 0 saturated carbocycles. The van der Waals surface area contributed by atoms with Crippen molar-refractivity contribution in [2.24, 2.45) is 0 Å². The largest absolute Gasteiger partial charge is 0.452 e. The Bertz CT molecular complexity index is 837. The molecule has 0 aliphatic heterocycles.